The molecule has 0 bridgehead atoms. The van der Waals surface area contributed by atoms with Crippen LogP contribution in [0.3, 0.4) is 0 Å². The second-order valence-electron chi connectivity index (χ2n) is 18.8. The second-order valence-corrected chi connectivity index (χ2v) is 24.0. The summed E-state index contributed by atoms with van der Waals surface area (Å²) >= 11 is 25.5. The fourth-order valence-corrected chi connectivity index (χ4v) is 12.2. The van der Waals surface area contributed by atoms with Crippen molar-refractivity contribution in [2.75, 3.05) is 119 Å². The summed E-state index contributed by atoms with van der Waals surface area (Å²) in [7, 11) is -4.63. The maximum Gasteiger partial charge on any atom is 0.314 e. The van der Waals surface area contributed by atoms with E-state index in [1.165, 1.54) is 12.1 Å². The van der Waals surface area contributed by atoms with E-state index in [4.69, 9.17) is 65.4 Å². The van der Waals surface area contributed by atoms with Gasteiger partial charge in [0.15, 0.2) is 0 Å². The third-order valence-electron chi connectivity index (χ3n) is 12.5. The van der Waals surface area contributed by atoms with E-state index in [9.17, 15) is 36.8 Å². The van der Waals surface area contributed by atoms with Crippen molar-refractivity contribution in [3.05, 3.63) is 137 Å². The van der Waals surface area contributed by atoms with Crippen LogP contribution in [0, 0.1) is 10.4 Å². The molecule has 2 unspecified atom stereocenters. The van der Waals surface area contributed by atoms with Crippen LogP contribution in [0.5, 0.6) is 0 Å². The maximum atomic E-state index is 13.2. The molecule has 26 heteroatoms. The van der Waals surface area contributed by atoms with E-state index >= 15 is 0 Å². The molecule has 2 aliphatic heterocycles. The molecule has 6 N–H and O–H groups in total. The quantitative estimate of drug-likeness (QED) is 0.0202. The number of rotatable bonds is 29. The zero-order chi connectivity index (χ0) is 54.9. The number of fused-ring (bicyclic) bond motifs is 2. The number of carbonyl (C=O) groups is 2. The lowest BCUT2D eigenvalue weighted by molar-refractivity contribution is -0.877. The summed E-state index contributed by atoms with van der Waals surface area (Å²) in [6.07, 6.45) is 1.27. The van der Waals surface area contributed by atoms with Crippen molar-refractivity contribution in [2.45, 2.75) is 47.6 Å². The third kappa shape index (κ3) is 18.9. The van der Waals surface area contributed by atoms with Crippen LogP contribution in [0.2, 0.25) is 20.1 Å². The van der Waals surface area contributed by atoms with Crippen molar-refractivity contribution in [3.8, 4) is 0 Å². The van der Waals surface area contributed by atoms with Gasteiger partial charge in [-0.1, -0.05) is 70.7 Å². The van der Waals surface area contributed by atoms with E-state index in [0.29, 0.717) is 68.3 Å². The molecule has 418 valence electrons. The van der Waals surface area contributed by atoms with Crippen LogP contribution in [0.4, 0.5) is 9.59 Å². The smallest absolute Gasteiger partial charge is 0.314 e. The summed E-state index contributed by atoms with van der Waals surface area (Å²) in [4.78, 5) is 24.3. The number of amides is 4. The number of urea groups is 2. The number of carbonyl (C=O) groups excluding carboxylic acids is 2. The normalized spacial score (nSPS) is 19.4. The van der Waals surface area contributed by atoms with Gasteiger partial charge in [0.2, 0.25) is 20.0 Å². The van der Waals surface area contributed by atoms with Crippen molar-refractivity contribution < 1.29 is 54.7 Å². The van der Waals surface area contributed by atoms with Gasteiger partial charge in [0.25, 0.3) is 0 Å². The van der Waals surface area contributed by atoms with Gasteiger partial charge in [-0.15, -0.1) is 0 Å². The number of unbranched alkanes of at least 4 members (excludes halogenated alkanes) is 1. The molecule has 0 fully saturated rings. The fraction of sp³-hybridized carbons (Fsp3) is 0.480. The number of likely N-dealkylation sites (N-methyl/N-ethyl adjacent to an activating group) is 2. The highest BCUT2D eigenvalue weighted by Crippen LogP contribution is 2.42. The van der Waals surface area contributed by atoms with Crippen LogP contribution in [0.1, 0.15) is 58.1 Å². The number of halogens is 4. The van der Waals surface area contributed by atoms with Gasteiger partial charge in [0.1, 0.15) is 13.1 Å². The molecule has 20 nitrogen and oxygen atoms in total. The van der Waals surface area contributed by atoms with Crippen LogP contribution < -0.4 is 30.7 Å². The van der Waals surface area contributed by atoms with E-state index < -0.39 is 41.2 Å². The minimum Gasteiger partial charge on any atom is -0.633 e. The van der Waals surface area contributed by atoms with E-state index in [1.807, 2.05) is 0 Å². The molecule has 4 amide bonds. The van der Waals surface area contributed by atoms with Crippen LogP contribution in [0.25, 0.3) is 0 Å². The highest BCUT2D eigenvalue weighted by Gasteiger charge is 2.35. The predicted molar refractivity (Wildman–Crippen MR) is 291 cm³/mol. The van der Waals surface area contributed by atoms with Crippen molar-refractivity contribution in [2.24, 2.45) is 0 Å². The number of hydrogen-bond acceptors (Lipinski definition) is 12. The standard InChI is InChI=1S/C50H66Cl4N8O12S2/c1-61(65)31-43(41-27-37(51)29-47(53)45(41)33-61)35-7-5-9-39(25-35)75(67,68)59-15-19-73-23-21-71-17-13-57-49(63)55-11-3-4-12-56-50(64)58-14-18-72-22-24-74-20-16-60-76(69,70)40-10-6-8-36(26-40)44-32-62(2,66)34-46-42(44)28-38(52)30-48(46)54/h5-10,25-30,43-44,59-60H,3-4,11-24,31-34H2,1-2H3,(H2,55,57,63)(H2,56,58,64)/t43-,44-,61?,62?/m0/s1. The number of quaternary nitrogens is 2. The Labute approximate surface area is 464 Å². The first-order valence-electron chi connectivity index (χ1n) is 24.7. The van der Waals surface area contributed by atoms with Gasteiger partial charge in [-0.3, -0.25) is 0 Å². The Morgan fingerprint density at radius 3 is 1.26 bits per heavy atom. The van der Waals surface area contributed by atoms with Gasteiger partial charge in [0.05, 0.1) is 112 Å². The molecule has 0 saturated carbocycles. The number of hydroxylamine groups is 6. The first kappa shape index (κ1) is 61.3. The van der Waals surface area contributed by atoms with Gasteiger partial charge in [0, 0.05) is 60.4 Å². The second kappa shape index (κ2) is 28.8. The van der Waals surface area contributed by atoms with Crippen LogP contribution in [-0.2, 0) is 52.1 Å². The first-order chi connectivity index (χ1) is 36.1. The van der Waals surface area contributed by atoms with Crippen molar-refractivity contribution in [1.29, 1.82) is 0 Å². The van der Waals surface area contributed by atoms with E-state index in [0.717, 1.165) is 11.1 Å². The average Bonchev–Trinajstić information content (AvgIpc) is 3.39. The first-order valence-corrected chi connectivity index (χ1v) is 29.2. The highest BCUT2D eigenvalue weighted by molar-refractivity contribution is 7.89. The number of benzene rings is 4. The largest absolute Gasteiger partial charge is 0.633 e. The summed E-state index contributed by atoms with van der Waals surface area (Å²) in [5.41, 5.74) is 4.37. The van der Waals surface area contributed by atoms with Crippen LogP contribution in [0.15, 0.2) is 82.6 Å². The monoisotopic (exact) mass is 1170 g/mol. The number of sulfonamides is 2. The van der Waals surface area contributed by atoms with Crippen LogP contribution in [-0.4, -0.2) is 157 Å². The molecule has 0 saturated heterocycles. The molecule has 0 aromatic heterocycles. The molecule has 2 aliphatic rings. The summed E-state index contributed by atoms with van der Waals surface area (Å²) in [6, 6.07) is 19.1. The predicted octanol–water partition coefficient (Wildman–Crippen LogP) is 6.18. The lowest BCUT2D eigenvalue weighted by Crippen LogP contribution is -2.44. The fourth-order valence-electron chi connectivity index (χ4n) is 8.90. The zero-order valence-corrected chi connectivity index (χ0v) is 47.0. The van der Waals surface area contributed by atoms with E-state index in [1.54, 1.807) is 74.8 Å². The lowest BCUT2D eigenvalue weighted by atomic mass is 9.84. The van der Waals surface area contributed by atoms with E-state index in [-0.39, 0.29) is 127 Å². The Kier molecular flexibility index (Phi) is 23.2. The summed E-state index contributed by atoms with van der Waals surface area (Å²) in [5, 5.41) is 38.9. The summed E-state index contributed by atoms with van der Waals surface area (Å²) in [5.74, 6) is -0.793. The molecular formula is C50H66Cl4N8O12S2. The molecule has 6 rings (SSSR count). The number of nitrogens with one attached hydrogen (secondary N) is 6. The van der Waals surface area contributed by atoms with Crippen LogP contribution >= 0.6 is 46.4 Å². The molecule has 0 radical (unpaired) electrons. The Bertz CT molecular complexity index is 2650. The molecule has 4 aromatic rings. The van der Waals surface area contributed by atoms with Gasteiger partial charge < -0.3 is 59.9 Å². The van der Waals surface area contributed by atoms with Gasteiger partial charge in [-0.25, -0.2) is 35.9 Å². The number of ether oxygens (including phenoxy) is 4. The Balaban J connectivity index is 0.716. The van der Waals surface area contributed by atoms with Gasteiger partial charge >= 0.3 is 12.1 Å². The van der Waals surface area contributed by atoms with Gasteiger partial charge in [-0.2, -0.15) is 0 Å². The van der Waals surface area contributed by atoms with E-state index in [2.05, 4.69) is 30.7 Å². The number of nitrogens with zero attached hydrogens (tertiary/aromatic N) is 2. The van der Waals surface area contributed by atoms with Crippen molar-refractivity contribution >= 4 is 78.5 Å². The molecule has 4 aromatic carbocycles. The molecule has 76 heavy (non-hydrogen) atoms. The number of hydrogen-bond donors (Lipinski definition) is 6. The average molecular weight is 1180 g/mol. The summed E-state index contributed by atoms with van der Waals surface area (Å²) in [6.45, 7) is 3.77. The molecule has 4 atom stereocenters. The third-order valence-corrected chi connectivity index (χ3v) is 16.5. The summed E-state index contributed by atoms with van der Waals surface area (Å²) < 4.78 is 78.5. The highest BCUT2D eigenvalue weighted by atomic mass is 35.5. The molecule has 0 aliphatic carbocycles. The maximum absolute atomic E-state index is 13.2. The lowest BCUT2D eigenvalue weighted by Gasteiger charge is -2.46. The van der Waals surface area contributed by atoms with Gasteiger partial charge in [-0.05, 0) is 83.6 Å². The zero-order valence-electron chi connectivity index (χ0n) is 42.3. The minimum atomic E-state index is -3.88. The Hall–Kier alpha value is -3.92. The minimum absolute atomic E-state index is 0.0257. The topological polar surface area (TPSA) is 258 Å². The molecular weight excluding hydrogens is 1110 g/mol. The SMILES string of the molecule is C[N+]1([O-])Cc2c(Cl)cc(Cl)cc2[C@H](c2cccc(S(=O)(=O)NCCOCCOCCNC(=O)NCCCCNC(=O)NCCOCCOCCNS(=O)(=O)c3cccc([C@@H]4C[N+](C)([O-])Cc5c(Cl)cc(Cl)cc54)c3)c2)C1. The Morgan fingerprint density at radius 2 is 0.882 bits per heavy atom. The van der Waals surface area contributed by atoms with Crippen molar-refractivity contribution in [1.82, 2.24) is 30.7 Å². The Morgan fingerprint density at radius 1 is 0.526 bits per heavy atom. The van der Waals surface area contributed by atoms with Crippen molar-refractivity contribution in [3.63, 3.8) is 0 Å². The molecule has 2 heterocycles. The molecule has 0 spiro atoms.